The van der Waals surface area contributed by atoms with Crippen molar-refractivity contribution in [3.8, 4) is 5.75 Å². The molecule has 138 valence electrons. The van der Waals surface area contributed by atoms with Crippen molar-refractivity contribution in [1.82, 2.24) is 15.1 Å². The molecule has 2 aromatic carbocycles. The van der Waals surface area contributed by atoms with Gasteiger partial charge in [-0.1, -0.05) is 36.4 Å². The number of carbonyl (C=O) groups excluding carboxylic acids is 1. The first-order chi connectivity index (χ1) is 13.1. The van der Waals surface area contributed by atoms with Gasteiger partial charge in [0.2, 0.25) is 0 Å². The number of rotatable bonds is 4. The number of aromatic hydroxyl groups is 1. The van der Waals surface area contributed by atoms with Crippen molar-refractivity contribution < 1.29 is 9.90 Å². The van der Waals surface area contributed by atoms with E-state index in [9.17, 15) is 9.90 Å². The highest BCUT2D eigenvalue weighted by Crippen LogP contribution is 2.25. The van der Waals surface area contributed by atoms with Crippen LogP contribution in [0, 0.1) is 0 Å². The second kappa shape index (κ2) is 7.27. The van der Waals surface area contributed by atoms with Gasteiger partial charge in [0.1, 0.15) is 5.75 Å². The van der Waals surface area contributed by atoms with Gasteiger partial charge in [0.05, 0.1) is 17.5 Å². The molecule has 1 amide bonds. The fourth-order valence-electron chi connectivity index (χ4n) is 3.78. The van der Waals surface area contributed by atoms with Crippen LogP contribution in [0.3, 0.4) is 0 Å². The number of phenolic OH excluding ortho intramolecular Hbond substituents is 1. The van der Waals surface area contributed by atoms with Gasteiger partial charge in [-0.05, 0) is 48.1 Å². The third kappa shape index (κ3) is 3.72. The lowest BCUT2D eigenvalue weighted by Crippen LogP contribution is -2.39. The van der Waals surface area contributed by atoms with Crippen LogP contribution in [0.4, 0.5) is 0 Å². The molecule has 0 radical (unpaired) electrons. The molecule has 1 atom stereocenters. The maximum Gasteiger partial charge on any atom is 0.254 e. The molecule has 1 heterocycles. The summed E-state index contributed by atoms with van der Waals surface area (Å²) in [6.07, 6.45) is 4.85. The van der Waals surface area contributed by atoms with Gasteiger partial charge in [-0.25, -0.2) is 0 Å². The Labute approximate surface area is 158 Å². The summed E-state index contributed by atoms with van der Waals surface area (Å²) >= 11 is 0. The molecule has 1 aromatic heterocycles. The van der Waals surface area contributed by atoms with Crippen LogP contribution in [-0.2, 0) is 26.3 Å². The molecule has 5 heteroatoms. The molecule has 0 spiro atoms. The predicted octanol–water partition coefficient (Wildman–Crippen LogP) is 3.00. The monoisotopic (exact) mass is 361 g/mol. The maximum absolute atomic E-state index is 12.9. The third-order valence-corrected chi connectivity index (χ3v) is 5.27. The first-order valence-corrected chi connectivity index (χ1v) is 9.26. The van der Waals surface area contributed by atoms with E-state index in [0.29, 0.717) is 17.7 Å². The standard InChI is InChI=1S/C22H23N3O2/c1-25-21(11-15-5-3-2-4-6-15)20(14-23-25)22(27)24-18-9-7-17-13-19(26)10-8-16(17)12-18/h2-6,8,10,13-14,18,26H,7,9,11-12H2,1H3,(H,24,27). The number of amides is 1. The molecule has 4 rings (SSSR count). The van der Waals surface area contributed by atoms with Gasteiger partial charge in [-0.15, -0.1) is 0 Å². The lowest BCUT2D eigenvalue weighted by Gasteiger charge is -2.25. The zero-order valence-electron chi connectivity index (χ0n) is 15.4. The average molecular weight is 361 g/mol. The Balaban J connectivity index is 1.48. The van der Waals surface area contributed by atoms with E-state index in [2.05, 4.69) is 22.5 Å². The Morgan fingerprint density at radius 3 is 2.85 bits per heavy atom. The summed E-state index contributed by atoms with van der Waals surface area (Å²) < 4.78 is 1.78. The number of phenols is 1. The van der Waals surface area contributed by atoms with Crippen LogP contribution in [0.25, 0.3) is 0 Å². The van der Waals surface area contributed by atoms with Crippen molar-refractivity contribution in [2.24, 2.45) is 7.05 Å². The van der Waals surface area contributed by atoms with E-state index >= 15 is 0 Å². The fourth-order valence-corrected chi connectivity index (χ4v) is 3.78. The number of hydrogen-bond donors (Lipinski definition) is 2. The molecule has 27 heavy (non-hydrogen) atoms. The summed E-state index contributed by atoms with van der Waals surface area (Å²) in [6, 6.07) is 15.7. The number of nitrogens with zero attached hydrogens (tertiary/aromatic N) is 2. The molecule has 1 aliphatic carbocycles. The van der Waals surface area contributed by atoms with Crippen LogP contribution in [0.1, 0.15) is 39.2 Å². The second-order valence-electron chi connectivity index (χ2n) is 7.16. The first kappa shape index (κ1) is 17.3. The predicted molar refractivity (Wildman–Crippen MR) is 104 cm³/mol. The van der Waals surface area contributed by atoms with E-state index in [1.165, 1.54) is 11.1 Å². The zero-order valence-corrected chi connectivity index (χ0v) is 15.4. The SMILES string of the molecule is Cn1ncc(C(=O)NC2CCc3cc(O)ccc3C2)c1Cc1ccccc1. The minimum atomic E-state index is -0.0683. The molecule has 2 N–H and O–H groups in total. The van der Waals surface area contributed by atoms with Gasteiger partial charge in [-0.3, -0.25) is 9.48 Å². The Kier molecular flexibility index (Phi) is 4.67. The normalized spacial score (nSPS) is 16.0. The average Bonchev–Trinajstić information content (AvgIpc) is 3.03. The van der Waals surface area contributed by atoms with Gasteiger partial charge < -0.3 is 10.4 Å². The number of hydrogen-bond acceptors (Lipinski definition) is 3. The molecule has 0 aliphatic heterocycles. The minimum Gasteiger partial charge on any atom is -0.508 e. The van der Waals surface area contributed by atoms with Gasteiger partial charge in [-0.2, -0.15) is 5.10 Å². The van der Waals surface area contributed by atoms with Gasteiger partial charge in [0.25, 0.3) is 5.91 Å². The largest absolute Gasteiger partial charge is 0.508 e. The van der Waals surface area contributed by atoms with E-state index < -0.39 is 0 Å². The second-order valence-corrected chi connectivity index (χ2v) is 7.16. The van der Waals surface area contributed by atoms with Crippen molar-refractivity contribution in [3.63, 3.8) is 0 Å². The number of benzene rings is 2. The summed E-state index contributed by atoms with van der Waals surface area (Å²) in [7, 11) is 1.87. The Morgan fingerprint density at radius 1 is 1.22 bits per heavy atom. The highest BCUT2D eigenvalue weighted by molar-refractivity contribution is 5.95. The van der Waals surface area contributed by atoms with E-state index in [4.69, 9.17) is 0 Å². The summed E-state index contributed by atoms with van der Waals surface area (Å²) in [5, 5.41) is 17.1. The topological polar surface area (TPSA) is 67.2 Å². The molecule has 5 nitrogen and oxygen atoms in total. The van der Waals surface area contributed by atoms with Crippen LogP contribution in [0.15, 0.2) is 54.7 Å². The van der Waals surface area contributed by atoms with Gasteiger partial charge in [0, 0.05) is 19.5 Å². The van der Waals surface area contributed by atoms with E-state index in [-0.39, 0.29) is 11.9 Å². The maximum atomic E-state index is 12.9. The number of nitrogens with one attached hydrogen (secondary N) is 1. The highest BCUT2D eigenvalue weighted by atomic mass is 16.3. The van der Waals surface area contributed by atoms with Crippen LogP contribution in [0.2, 0.25) is 0 Å². The van der Waals surface area contributed by atoms with Crippen molar-refractivity contribution in [2.75, 3.05) is 0 Å². The molecule has 3 aromatic rings. The summed E-state index contributed by atoms with van der Waals surface area (Å²) in [6.45, 7) is 0. The zero-order chi connectivity index (χ0) is 18.8. The fraction of sp³-hybridized carbons (Fsp3) is 0.273. The van der Waals surface area contributed by atoms with Crippen molar-refractivity contribution >= 4 is 5.91 Å². The Bertz CT molecular complexity index is 963. The van der Waals surface area contributed by atoms with Crippen LogP contribution in [-0.4, -0.2) is 26.8 Å². The van der Waals surface area contributed by atoms with E-state index in [1.807, 2.05) is 37.4 Å². The van der Waals surface area contributed by atoms with E-state index in [1.54, 1.807) is 16.9 Å². The number of aromatic nitrogens is 2. The van der Waals surface area contributed by atoms with Crippen LogP contribution < -0.4 is 5.32 Å². The van der Waals surface area contributed by atoms with Gasteiger partial charge in [0.15, 0.2) is 0 Å². The highest BCUT2D eigenvalue weighted by Gasteiger charge is 2.23. The van der Waals surface area contributed by atoms with Crippen LogP contribution >= 0.6 is 0 Å². The molecule has 0 saturated carbocycles. The minimum absolute atomic E-state index is 0.0683. The molecule has 1 unspecified atom stereocenters. The first-order valence-electron chi connectivity index (χ1n) is 9.26. The number of fused-ring (bicyclic) bond motifs is 1. The van der Waals surface area contributed by atoms with Crippen molar-refractivity contribution in [1.29, 1.82) is 0 Å². The van der Waals surface area contributed by atoms with Crippen LogP contribution in [0.5, 0.6) is 5.75 Å². The van der Waals surface area contributed by atoms with Gasteiger partial charge >= 0.3 is 0 Å². The number of aryl methyl sites for hydroxylation is 2. The number of carbonyl (C=O) groups is 1. The molecular formula is C22H23N3O2. The third-order valence-electron chi connectivity index (χ3n) is 5.27. The molecule has 1 aliphatic rings. The quantitative estimate of drug-likeness (QED) is 0.751. The smallest absolute Gasteiger partial charge is 0.254 e. The molecular weight excluding hydrogens is 338 g/mol. The lowest BCUT2D eigenvalue weighted by atomic mass is 9.88. The summed E-state index contributed by atoms with van der Waals surface area (Å²) in [5.41, 5.74) is 5.07. The summed E-state index contributed by atoms with van der Waals surface area (Å²) in [4.78, 5) is 12.9. The lowest BCUT2D eigenvalue weighted by molar-refractivity contribution is 0.0932. The molecule has 0 saturated heterocycles. The molecule has 0 bridgehead atoms. The Hall–Kier alpha value is -3.08. The Morgan fingerprint density at radius 2 is 2.04 bits per heavy atom. The van der Waals surface area contributed by atoms with Crippen molar-refractivity contribution in [2.45, 2.75) is 31.7 Å². The summed E-state index contributed by atoms with van der Waals surface area (Å²) in [5.74, 6) is 0.235. The van der Waals surface area contributed by atoms with E-state index in [0.717, 1.165) is 30.5 Å². The van der Waals surface area contributed by atoms with Crippen molar-refractivity contribution in [3.05, 3.63) is 82.7 Å². The molecule has 0 fully saturated rings.